The highest BCUT2D eigenvalue weighted by Gasteiger charge is 2.23. The molecule has 1 unspecified atom stereocenters. The number of aryl methyl sites for hydroxylation is 1. The fourth-order valence-electron chi connectivity index (χ4n) is 3.00. The number of aromatic nitrogens is 2. The van der Waals surface area contributed by atoms with Crippen LogP contribution in [-0.2, 0) is 13.0 Å². The fraction of sp³-hybridized carbons (Fsp3) is 0.438. The summed E-state index contributed by atoms with van der Waals surface area (Å²) in [6.07, 6.45) is 4.44. The molecule has 4 nitrogen and oxygen atoms in total. The number of pyridine rings is 1. The molecule has 1 aliphatic rings. The summed E-state index contributed by atoms with van der Waals surface area (Å²) < 4.78 is 7.47. The molecule has 2 heterocycles. The highest BCUT2D eigenvalue weighted by atomic mass is 16.5. The normalized spacial score (nSPS) is 17.9. The highest BCUT2D eigenvalue weighted by Crippen LogP contribution is 2.32. The summed E-state index contributed by atoms with van der Waals surface area (Å²) in [6.45, 7) is 2.90. The molecule has 0 saturated carbocycles. The molecule has 2 aromatic rings. The molecule has 0 saturated heterocycles. The van der Waals surface area contributed by atoms with Gasteiger partial charge in [-0.25, -0.2) is 4.98 Å². The first-order chi connectivity index (χ1) is 9.69. The van der Waals surface area contributed by atoms with Crippen LogP contribution in [0.1, 0.15) is 41.5 Å². The average Bonchev–Trinajstić information content (AvgIpc) is 2.78. The Morgan fingerprint density at radius 1 is 1.45 bits per heavy atom. The molecule has 0 aromatic carbocycles. The summed E-state index contributed by atoms with van der Waals surface area (Å²) in [6, 6.07) is 6.09. The molecule has 0 fully saturated rings. The van der Waals surface area contributed by atoms with E-state index < -0.39 is 0 Å². The van der Waals surface area contributed by atoms with Crippen LogP contribution < -0.4 is 4.74 Å². The number of fused-ring (bicyclic) bond motifs is 1. The Balaban J connectivity index is 1.94. The van der Waals surface area contributed by atoms with Gasteiger partial charge in [0.05, 0.1) is 13.2 Å². The first-order valence-corrected chi connectivity index (χ1v) is 7.05. The van der Waals surface area contributed by atoms with E-state index in [1.807, 2.05) is 12.1 Å². The summed E-state index contributed by atoms with van der Waals surface area (Å²) >= 11 is 0. The molecular weight excluding hydrogens is 252 g/mol. The van der Waals surface area contributed by atoms with Crippen LogP contribution in [0.5, 0.6) is 5.88 Å². The standard InChI is InChI=1S/C16H20N2O2/c1-11-8-13-14(4-3-5-15(13)19)18(11)10-12-6-7-17-16(9-12)20-2/h6-9,15,19H,3-5,10H2,1-2H3. The van der Waals surface area contributed by atoms with E-state index in [-0.39, 0.29) is 6.10 Å². The molecule has 0 bridgehead atoms. The molecule has 0 amide bonds. The van der Waals surface area contributed by atoms with E-state index in [0.29, 0.717) is 5.88 Å². The second-order valence-corrected chi connectivity index (χ2v) is 5.39. The van der Waals surface area contributed by atoms with Crippen LogP contribution in [-0.4, -0.2) is 21.8 Å². The van der Waals surface area contributed by atoms with Crippen LogP contribution in [0, 0.1) is 6.92 Å². The fourth-order valence-corrected chi connectivity index (χ4v) is 3.00. The van der Waals surface area contributed by atoms with E-state index in [2.05, 4.69) is 22.5 Å². The van der Waals surface area contributed by atoms with Gasteiger partial charge in [-0.2, -0.15) is 0 Å². The van der Waals surface area contributed by atoms with Gasteiger partial charge in [0.15, 0.2) is 0 Å². The number of rotatable bonds is 3. The third-order valence-corrected chi connectivity index (χ3v) is 4.05. The molecule has 0 spiro atoms. The number of methoxy groups -OCH3 is 1. The Hall–Kier alpha value is -1.81. The van der Waals surface area contributed by atoms with Gasteiger partial charge < -0.3 is 14.4 Å². The van der Waals surface area contributed by atoms with Crippen molar-refractivity contribution in [1.82, 2.24) is 9.55 Å². The zero-order valence-electron chi connectivity index (χ0n) is 12.0. The summed E-state index contributed by atoms with van der Waals surface area (Å²) in [4.78, 5) is 4.14. The van der Waals surface area contributed by atoms with Crippen LogP contribution in [0.4, 0.5) is 0 Å². The maximum absolute atomic E-state index is 10.1. The summed E-state index contributed by atoms with van der Waals surface area (Å²) in [5.74, 6) is 0.640. The van der Waals surface area contributed by atoms with E-state index in [4.69, 9.17) is 4.74 Å². The van der Waals surface area contributed by atoms with Crippen LogP contribution in [0.15, 0.2) is 24.4 Å². The smallest absolute Gasteiger partial charge is 0.213 e. The highest BCUT2D eigenvalue weighted by molar-refractivity contribution is 5.33. The number of aliphatic hydroxyl groups excluding tert-OH is 1. The third kappa shape index (κ3) is 2.31. The van der Waals surface area contributed by atoms with Gasteiger partial charge in [-0.1, -0.05) is 0 Å². The number of ether oxygens (including phenoxy) is 1. The van der Waals surface area contributed by atoms with E-state index >= 15 is 0 Å². The molecule has 2 aromatic heterocycles. The first kappa shape index (κ1) is 13.2. The number of hydrogen-bond donors (Lipinski definition) is 1. The largest absolute Gasteiger partial charge is 0.481 e. The molecule has 1 aliphatic carbocycles. The predicted octanol–water partition coefficient (Wildman–Crippen LogP) is 2.62. The lowest BCUT2D eigenvalue weighted by Crippen LogP contribution is -2.13. The molecule has 1 N–H and O–H groups in total. The number of hydrogen-bond acceptors (Lipinski definition) is 3. The van der Waals surface area contributed by atoms with Crippen molar-refractivity contribution in [3.63, 3.8) is 0 Å². The molecule has 0 aliphatic heterocycles. The first-order valence-electron chi connectivity index (χ1n) is 7.05. The van der Waals surface area contributed by atoms with Crippen LogP contribution in [0.25, 0.3) is 0 Å². The average molecular weight is 272 g/mol. The number of nitrogens with zero attached hydrogens (tertiary/aromatic N) is 2. The van der Waals surface area contributed by atoms with Crippen LogP contribution >= 0.6 is 0 Å². The Labute approximate surface area is 119 Å². The van der Waals surface area contributed by atoms with Gasteiger partial charge in [0, 0.05) is 35.8 Å². The van der Waals surface area contributed by atoms with E-state index in [1.54, 1.807) is 13.3 Å². The lowest BCUT2D eigenvalue weighted by atomic mass is 9.95. The van der Waals surface area contributed by atoms with Gasteiger partial charge in [-0.05, 0) is 43.9 Å². The Morgan fingerprint density at radius 2 is 2.30 bits per heavy atom. The second-order valence-electron chi connectivity index (χ2n) is 5.39. The molecule has 4 heteroatoms. The molecule has 20 heavy (non-hydrogen) atoms. The maximum Gasteiger partial charge on any atom is 0.213 e. The van der Waals surface area contributed by atoms with Crippen molar-refractivity contribution in [2.24, 2.45) is 0 Å². The van der Waals surface area contributed by atoms with Gasteiger partial charge in [0.25, 0.3) is 0 Å². The van der Waals surface area contributed by atoms with Crippen molar-refractivity contribution in [3.8, 4) is 5.88 Å². The zero-order chi connectivity index (χ0) is 14.1. The van der Waals surface area contributed by atoms with Crippen molar-refractivity contribution < 1.29 is 9.84 Å². The molecule has 0 radical (unpaired) electrons. The van der Waals surface area contributed by atoms with Crippen molar-refractivity contribution in [2.75, 3.05) is 7.11 Å². The van der Waals surface area contributed by atoms with Gasteiger partial charge in [-0.3, -0.25) is 0 Å². The molecule has 1 atom stereocenters. The monoisotopic (exact) mass is 272 g/mol. The SMILES string of the molecule is COc1cc(Cn2c(C)cc3c2CCCC3O)ccn1. The molecule has 106 valence electrons. The minimum absolute atomic E-state index is 0.300. The minimum Gasteiger partial charge on any atom is -0.481 e. The Morgan fingerprint density at radius 3 is 3.10 bits per heavy atom. The van der Waals surface area contributed by atoms with Gasteiger partial charge in [0.2, 0.25) is 5.88 Å². The lowest BCUT2D eigenvalue weighted by Gasteiger charge is -2.20. The predicted molar refractivity (Wildman–Crippen MR) is 77.0 cm³/mol. The summed E-state index contributed by atoms with van der Waals surface area (Å²) in [5, 5.41) is 10.1. The lowest BCUT2D eigenvalue weighted by molar-refractivity contribution is 0.156. The van der Waals surface area contributed by atoms with Gasteiger partial charge >= 0.3 is 0 Å². The van der Waals surface area contributed by atoms with Crippen molar-refractivity contribution in [3.05, 3.63) is 46.9 Å². The van der Waals surface area contributed by atoms with Gasteiger partial charge in [-0.15, -0.1) is 0 Å². The maximum atomic E-state index is 10.1. The minimum atomic E-state index is -0.300. The van der Waals surface area contributed by atoms with E-state index in [1.165, 1.54) is 17.0 Å². The zero-order valence-corrected chi connectivity index (χ0v) is 12.0. The summed E-state index contributed by atoms with van der Waals surface area (Å²) in [5.41, 5.74) is 4.75. The van der Waals surface area contributed by atoms with Crippen LogP contribution in [0.2, 0.25) is 0 Å². The topological polar surface area (TPSA) is 47.3 Å². The number of aliphatic hydroxyl groups is 1. The molecule has 3 rings (SSSR count). The van der Waals surface area contributed by atoms with Crippen molar-refractivity contribution in [1.29, 1.82) is 0 Å². The second kappa shape index (κ2) is 5.29. The van der Waals surface area contributed by atoms with E-state index in [9.17, 15) is 5.11 Å². The third-order valence-electron chi connectivity index (χ3n) is 4.05. The quantitative estimate of drug-likeness (QED) is 0.934. The van der Waals surface area contributed by atoms with Crippen LogP contribution in [0.3, 0.4) is 0 Å². The van der Waals surface area contributed by atoms with E-state index in [0.717, 1.165) is 31.4 Å². The Bertz CT molecular complexity index is 619. The molecular formula is C16H20N2O2. The summed E-state index contributed by atoms with van der Waals surface area (Å²) in [7, 11) is 1.63. The van der Waals surface area contributed by atoms with Crippen molar-refractivity contribution in [2.45, 2.75) is 38.8 Å². The van der Waals surface area contributed by atoms with Crippen molar-refractivity contribution >= 4 is 0 Å². The van der Waals surface area contributed by atoms with Gasteiger partial charge in [0.1, 0.15) is 0 Å². The Kier molecular flexibility index (Phi) is 3.49.